The highest BCUT2D eigenvalue weighted by molar-refractivity contribution is 7.80. The van der Waals surface area contributed by atoms with E-state index in [0.717, 1.165) is 25.1 Å². The Bertz CT molecular complexity index is 193. The summed E-state index contributed by atoms with van der Waals surface area (Å²) in [5.41, 5.74) is 0.479. The van der Waals surface area contributed by atoms with Crippen molar-refractivity contribution in [2.75, 3.05) is 32.5 Å². The smallest absolute Gasteiger partial charge is 0.0431 e. The molecule has 0 aliphatic heterocycles. The van der Waals surface area contributed by atoms with Gasteiger partial charge in [0.05, 0.1) is 0 Å². The van der Waals surface area contributed by atoms with Gasteiger partial charge in [-0.2, -0.15) is 12.6 Å². The summed E-state index contributed by atoms with van der Waals surface area (Å²) in [4.78, 5) is 2.47. The third kappa shape index (κ3) is 5.62. The van der Waals surface area contributed by atoms with Crippen molar-refractivity contribution >= 4 is 12.6 Å². The molecule has 0 unspecified atom stereocenters. The minimum atomic E-state index is 0.338. The number of aliphatic hydroxyl groups excluding tert-OH is 1. The number of hydrogen-bond donors (Lipinski definition) is 2. The zero-order chi connectivity index (χ0) is 12.6. The minimum absolute atomic E-state index is 0.338. The summed E-state index contributed by atoms with van der Waals surface area (Å²) in [5.74, 6) is 1.04. The molecule has 17 heavy (non-hydrogen) atoms. The van der Waals surface area contributed by atoms with Gasteiger partial charge in [0.15, 0.2) is 0 Å². The molecule has 0 heterocycles. The van der Waals surface area contributed by atoms with Gasteiger partial charge in [-0.25, -0.2) is 0 Å². The lowest BCUT2D eigenvalue weighted by atomic mass is 9.75. The summed E-state index contributed by atoms with van der Waals surface area (Å²) in [5, 5.41) is 8.75. The molecule has 3 heteroatoms. The van der Waals surface area contributed by atoms with E-state index in [9.17, 15) is 0 Å². The highest BCUT2D eigenvalue weighted by atomic mass is 32.1. The van der Waals surface area contributed by atoms with Gasteiger partial charge in [0.1, 0.15) is 0 Å². The van der Waals surface area contributed by atoms with Crippen molar-refractivity contribution in [1.82, 2.24) is 4.90 Å². The van der Waals surface area contributed by atoms with Crippen LogP contribution in [-0.4, -0.2) is 42.5 Å². The molecule has 0 saturated heterocycles. The largest absolute Gasteiger partial charge is 0.396 e. The fraction of sp³-hybridized carbons (Fsp3) is 1.00. The second kappa shape index (κ2) is 8.39. The average Bonchev–Trinajstić information content (AvgIpc) is 2.36. The van der Waals surface area contributed by atoms with Crippen molar-refractivity contribution in [3.05, 3.63) is 0 Å². The fourth-order valence-corrected chi connectivity index (χ4v) is 3.41. The topological polar surface area (TPSA) is 23.5 Å². The first-order chi connectivity index (χ1) is 8.22. The van der Waals surface area contributed by atoms with Crippen molar-refractivity contribution in [3.8, 4) is 0 Å². The van der Waals surface area contributed by atoms with Crippen LogP contribution in [0.2, 0.25) is 0 Å². The molecule has 1 fully saturated rings. The SMILES string of the molecule is CN(CCCCCO)CC1(CS)CCCCC1. The van der Waals surface area contributed by atoms with E-state index in [-0.39, 0.29) is 0 Å². The maximum absolute atomic E-state index is 8.75. The number of hydrogen-bond acceptors (Lipinski definition) is 3. The van der Waals surface area contributed by atoms with Crippen molar-refractivity contribution in [2.24, 2.45) is 5.41 Å². The summed E-state index contributed by atoms with van der Waals surface area (Å²) < 4.78 is 0. The Morgan fingerprint density at radius 1 is 1.12 bits per heavy atom. The molecule has 0 bridgehead atoms. The quantitative estimate of drug-likeness (QED) is 0.517. The molecule has 0 atom stereocenters. The van der Waals surface area contributed by atoms with Crippen LogP contribution in [0.1, 0.15) is 51.4 Å². The third-order valence-electron chi connectivity index (χ3n) is 4.05. The summed E-state index contributed by atoms with van der Waals surface area (Å²) >= 11 is 4.59. The van der Waals surface area contributed by atoms with Crippen molar-refractivity contribution < 1.29 is 5.11 Å². The van der Waals surface area contributed by atoms with Crippen LogP contribution in [0.3, 0.4) is 0 Å². The number of thiol groups is 1. The van der Waals surface area contributed by atoms with E-state index in [2.05, 4.69) is 24.6 Å². The van der Waals surface area contributed by atoms with Crippen LogP contribution in [-0.2, 0) is 0 Å². The fourth-order valence-electron chi connectivity index (χ4n) is 2.99. The molecule has 0 radical (unpaired) electrons. The molecular weight excluding hydrogens is 230 g/mol. The van der Waals surface area contributed by atoms with Crippen molar-refractivity contribution in [1.29, 1.82) is 0 Å². The monoisotopic (exact) mass is 259 g/mol. The number of unbranched alkanes of at least 4 members (excludes halogenated alkanes) is 2. The molecule has 1 rings (SSSR count). The second-order valence-electron chi connectivity index (χ2n) is 5.74. The zero-order valence-corrected chi connectivity index (χ0v) is 12.2. The zero-order valence-electron chi connectivity index (χ0n) is 11.3. The predicted octanol–water partition coefficient (Wildman–Crippen LogP) is 2.96. The standard InChI is InChI=1S/C14H29NOS/c1-15(10-6-3-7-11-16)12-14(13-17)8-4-2-5-9-14/h16-17H,2-13H2,1H3. The molecule has 102 valence electrons. The first-order valence-electron chi connectivity index (χ1n) is 7.13. The summed E-state index contributed by atoms with van der Waals surface area (Å²) in [7, 11) is 2.23. The first kappa shape index (κ1) is 15.3. The summed E-state index contributed by atoms with van der Waals surface area (Å²) in [6.45, 7) is 2.70. The van der Waals surface area contributed by atoms with E-state index in [4.69, 9.17) is 5.11 Å². The lowest BCUT2D eigenvalue weighted by Crippen LogP contribution is -2.39. The van der Waals surface area contributed by atoms with E-state index in [1.165, 1.54) is 45.1 Å². The van der Waals surface area contributed by atoms with Gasteiger partial charge in [0.2, 0.25) is 0 Å². The van der Waals surface area contributed by atoms with Crippen LogP contribution < -0.4 is 0 Å². The Labute approximate surface area is 112 Å². The molecule has 1 N–H and O–H groups in total. The molecule has 2 nitrogen and oxygen atoms in total. The highest BCUT2D eigenvalue weighted by Crippen LogP contribution is 2.37. The normalized spacial score (nSPS) is 19.8. The summed E-state index contributed by atoms with van der Waals surface area (Å²) in [6.07, 6.45) is 10.2. The van der Waals surface area contributed by atoms with Gasteiger partial charge in [-0.05, 0) is 56.9 Å². The van der Waals surface area contributed by atoms with Gasteiger partial charge in [0, 0.05) is 13.2 Å². The maximum Gasteiger partial charge on any atom is 0.0431 e. The molecule has 0 aromatic rings. The van der Waals surface area contributed by atoms with Crippen molar-refractivity contribution in [2.45, 2.75) is 51.4 Å². The summed E-state index contributed by atoms with van der Waals surface area (Å²) in [6, 6.07) is 0. The van der Waals surface area contributed by atoms with E-state index in [1.54, 1.807) is 0 Å². The highest BCUT2D eigenvalue weighted by Gasteiger charge is 2.31. The lowest BCUT2D eigenvalue weighted by molar-refractivity contribution is 0.142. The third-order valence-corrected chi connectivity index (χ3v) is 4.72. The van der Waals surface area contributed by atoms with Crippen molar-refractivity contribution in [3.63, 3.8) is 0 Å². The molecule has 1 aliphatic rings. The predicted molar refractivity (Wildman–Crippen MR) is 77.8 cm³/mol. The van der Waals surface area contributed by atoms with Gasteiger partial charge in [0.25, 0.3) is 0 Å². The van der Waals surface area contributed by atoms with Crippen LogP contribution in [0, 0.1) is 5.41 Å². The number of aliphatic hydroxyl groups is 1. The van der Waals surface area contributed by atoms with Gasteiger partial charge < -0.3 is 10.0 Å². The maximum atomic E-state index is 8.75. The van der Waals surface area contributed by atoms with E-state index in [0.29, 0.717) is 12.0 Å². The van der Waals surface area contributed by atoms with Crippen LogP contribution >= 0.6 is 12.6 Å². The van der Waals surface area contributed by atoms with Gasteiger partial charge in [-0.3, -0.25) is 0 Å². The minimum Gasteiger partial charge on any atom is -0.396 e. The van der Waals surface area contributed by atoms with Crippen LogP contribution in [0.5, 0.6) is 0 Å². The number of rotatable bonds is 8. The molecule has 1 aliphatic carbocycles. The average molecular weight is 259 g/mol. The van der Waals surface area contributed by atoms with E-state index < -0.39 is 0 Å². The Morgan fingerprint density at radius 3 is 2.41 bits per heavy atom. The van der Waals surface area contributed by atoms with Gasteiger partial charge in [-0.15, -0.1) is 0 Å². The van der Waals surface area contributed by atoms with Crippen LogP contribution in [0.4, 0.5) is 0 Å². The second-order valence-corrected chi connectivity index (χ2v) is 6.06. The Morgan fingerprint density at radius 2 is 1.82 bits per heavy atom. The van der Waals surface area contributed by atoms with E-state index in [1.807, 2.05) is 0 Å². The van der Waals surface area contributed by atoms with Crippen LogP contribution in [0.15, 0.2) is 0 Å². The Hall–Kier alpha value is 0.270. The van der Waals surface area contributed by atoms with Gasteiger partial charge >= 0.3 is 0 Å². The first-order valence-corrected chi connectivity index (χ1v) is 7.76. The molecule has 0 aromatic heterocycles. The molecule has 0 amide bonds. The van der Waals surface area contributed by atoms with Crippen LogP contribution in [0.25, 0.3) is 0 Å². The Kier molecular flexibility index (Phi) is 7.56. The molecule has 0 spiro atoms. The number of nitrogens with zero attached hydrogens (tertiary/aromatic N) is 1. The van der Waals surface area contributed by atoms with E-state index >= 15 is 0 Å². The molecular formula is C14H29NOS. The Balaban J connectivity index is 2.24. The molecule has 1 saturated carbocycles. The van der Waals surface area contributed by atoms with Gasteiger partial charge in [-0.1, -0.05) is 19.3 Å². The lowest BCUT2D eigenvalue weighted by Gasteiger charge is -2.39. The molecule has 0 aromatic carbocycles.